The number of rotatable bonds is 6. The Morgan fingerprint density at radius 1 is 1.40 bits per heavy atom. The Hall–Kier alpha value is -1.07. The predicted octanol–water partition coefficient (Wildman–Crippen LogP) is 2.33. The van der Waals surface area contributed by atoms with Gasteiger partial charge in [0.15, 0.2) is 0 Å². The summed E-state index contributed by atoms with van der Waals surface area (Å²) in [5, 5.41) is 12.1. The first-order valence-corrected chi connectivity index (χ1v) is 7.82. The maximum Gasteiger partial charge on any atom is 0.230 e. The molecule has 0 bridgehead atoms. The molecule has 1 rings (SSSR count). The van der Waals surface area contributed by atoms with Crippen LogP contribution in [0.25, 0.3) is 0 Å². The number of hydrogen-bond acceptors (Lipinski definition) is 3. The highest BCUT2D eigenvalue weighted by Gasteiger charge is 2.31. The number of thioether (sulfide) groups is 1. The van der Waals surface area contributed by atoms with Gasteiger partial charge in [-0.2, -0.15) is 11.8 Å². The molecule has 0 aliphatic heterocycles. The topological polar surface area (TPSA) is 49.3 Å². The molecule has 0 saturated heterocycles. The average Bonchev–Trinajstić information content (AvgIpc) is 2.40. The van der Waals surface area contributed by atoms with Gasteiger partial charge in [0.1, 0.15) is 5.82 Å². The fourth-order valence-corrected chi connectivity index (χ4v) is 2.54. The van der Waals surface area contributed by atoms with Gasteiger partial charge in [0.25, 0.3) is 0 Å². The summed E-state index contributed by atoms with van der Waals surface area (Å²) < 4.78 is 13.0. The van der Waals surface area contributed by atoms with Gasteiger partial charge in [-0.1, -0.05) is 12.1 Å². The van der Waals surface area contributed by atoms with E-state index in [-0.39, 0.29) is 29.6 Å². The second kappa shape index (κ2) is 7.09. The molecule has 5 heteroatoms. The third-order valence-electron chi connectivity index (χ3n) is 3.53. The Morgan fingerprint density at radius 2 is 1.95 bits per heavy atom. The van der Waals surface area contributed by atoms with Crippen LogP contribution in [-0.2, 0) is 10.2 Å². The normalized spacial score (nSPS) is 14.7. The first-order valence-electron chi connectivity index (χ1n) is 6.53. The molecule has 2 N–H and O–H groups in total. The molecule has 2 unspecified atom stereocenters. The number of amides is 1. The predicted molar refractivity (Wildman–Crippen MR) is 81.4 cm³/mol. The number of hydrogen-bond donors (Lipinski definition) is 2. The van der Waals surface area contributed by atoms with Crippen LogP contribution in [-0.4, -0.2) is 35.2 Å². The van der Waals surface area contributed by atoms with Crippen LogP contribution in [0.15, 0.2) is 24.3 Å². The highest BCUT2D eigenvalue weighted by molar-refractivity contribution is 7.99. The van der Waals surface area contributed by atoms with Crippen molar-refractivity contribution in [3.8, 4) is 0 Å². The fraction of sp³-hybridized carbons (Fsp3) is 0.533. The minimum atomic E-state index is -0.750. The van der Waals surface area contributed by atoms with Gasteiger partial charge in [-0.25, -0.2) is 4.39 Å². The molecule has 1 amide bonds. The van der Waals surface area contributed by atoms with Gasteiger partial charge < -0.3 is 10.4 Å². The molecule has 0 radical (unpaired) electrons. The monoisotopic (exact) mass is 299 g/mol. The lowest BCUT2D eigenvalue weighted by molar-refractivity contribution is -0.126. The van der Waals surface area contributed by atoms with Crippen LogP contribution in [0.3, 0.4) is 0 Å². The quantitative estimate of drug-likeness (QED) is 0.847. The van der Waals surface area contributed by atoms with Crippen LogP contribution in [0, 0.1) is 5.82 Å². The fourth-order valence-electron chi connectivity index (χ4n) is 1.91. The number of carbonyl (C=O) groups is 1. The summed E-state index contributed by atoms with van der Waals surface area (Å²) in [6.45, 7) is 5.49. The van der Waals surface area contributed by atoms with E-state index in [1.165, 1.54) is 23.9 Å². The molecule has 0 aliphatic carbocycles. The minimum Gasteiger partial charge on any atom is -0.395 e. The summed E-state index contributed by atoms with van der Waals surface area (Å²) in [6.07, 6.45) is 1.90. The second-order valence-corrected chi connectivity index (χ2v) is 6.43. The molecular formula is C15H22FNO2S. The molecule has 112 valence electrons. The van der Waals surface area contributed by atoms with Gasteiger partial charge in [0.05, 0.1) is 12.0 Å². The summed E-state index contributed by atoms with van der Waals surface area (Å²) in [6, 6.07) is 5.82. The second-order valence-electron chi connectivity index (χ2n) is 5.35. The van der Waals surface area contributed by atoms with Crippen molar-refractivity contribution in [1.29, 1.82) is 0 Å². The third kappa shape index (κ3) is 3.96. The zero-order chi connectivity index (χ0) is 15.3. The maximum absolute atomic E-state index is 13.0. The van der Waals surface area contributed by atoms with Crippen LogP contribution < -0.4 is 5.32 Å². The molecule has 3 nitrogen and oxygen atoms in total. The molecule has 0 heterocycles. The van der Waals surface area contributed by atoms with Crippen molar-refractivity contribution in [2.24, 2.45) is 0 Å². The van der Waals surface area contributed by atoms with E-state index in [1.807, 2.05) is 13.2 Å². The number of halogens is 1. The lowest BCUT2D eigenvalue weighted by atomic mass is 9.83. The zero-order valence-electron chi connectivity index (χ0n) is 12.3. The van der Waals surface area contributed by atoms with E-state index < -0.39 is 5.41 Å². The zero-order valence-corrected chi connectivity index (χ0v) is 13.1. The van der Waals surface area contributed by atoms with Crippen LogP contribution in [0.1, 0.15) is 26.3 Å². The van der Waals surface area contributed by atoms with Crippen molar-refractivity contribution in [1.82, 2.24) is 5.32 Å². The molecule has 2 atom stereocenters. The Bertz CT molecular complexity index is 444. The van der Waals surface area contributed by atoms with Crippen molar-refractivity contribution in [3.05, 3.63) is 35.6 Å². The van der Waals surface area contributed by atoms with Gasteiger partial charge in [-0.05, 0) is 44.7 Å². The third-order valence-corrected chi connectivity index (χ3v) is 4.70. The van der Waals surface area contributed by atoms with Gasteiger partial charge in [-0.15, -0.1) is 0 Å². The summed E-state index contributed by atoms with van der Waals surface area (Å²) in [5.74, 6) is -0.454. The van der Waals surface area contributed by atoms with E-state index >= 15 is 0 Å². The van der Waals surface area contributed by atoms with Crippen LogP contribution >= 0.6 is 11.8 Å². The van der Waals surface area contributed by atoms with Gasteiger partial charge in [0, 0.05) is 11.3 Å². The Balaban J connectivity index is 2.81. The average molecular weight is 299 g/mol. The lowest BCUT2D eigenvalue weighted by Crippen LogP contribution is -2.48. The smallest absolute Gasteiger partial charge is 0.230 e. The molecule has 1 aromatic rings. The van der Waals surface area contributed by atoms with Crippen molar-refractivity contribution >= 4 is 17.7 Å². The van der Waals surface area contributed by atoms with E-state index in [0.717, 1.165) is 5.56 Å². The van der Waals surface area contributed by atoms with Crippen molar-refractivity contribution in [3.63, 3.8) is 0 Å². The summed E-state index contributed by atoms with van der Waals surface area (Å²) in [7, 11) is 0. The first-order chi connectivity index (χ1) is 9.32. The minimum absolute atomic E-state index is 0.0135. The molecular weight excluding hydrogens is 277 g/mol. The van der Waals surface area contributed by atoms with E-state index in [4.69, 9.17) is 0 Å². The van der Waals surface area contributed by atoms with Crippen molar-refractivity contribution in [2.75, 3.05) is 12.9 Å². The summed E-state index contributed by atoms with van der Waals surface area (Å²) >= 11 is 1.51. The van der Waals surface area contributed by atoms with Crippen LogP contribution in [0.2, 0.25) is 0 Å². The molecule has 0 fully saturated rings. The molecule has 0 aromatic heterocycles. The van der Waals surface area contributed by atoms with Gasteiger partial charge >= 0.3 is 0 Å². The highest BCUT2D eigenvalue weighted by atomic mass is 32.2. The maximum atomic E-state index is 13.0. The van der Waals surface area contributed by atoms with Crippen LogP contribution in [0.4, 0.5) is 4.39 Å². The largest absolute Gasteiger partial charge is 0.395 e. The number of carbonyl (C=O) groups excluding carboxylic acids is 1. The number of aliphatic hydroxyl groups is 1. The van der Waals surface area contributed by atoms with Crippen LogP contribution in [0.5, 0.6) is 0 Å². The number of nitrogens with one attached hydrogen (secondary N) is 1. The molecule has 20 heavy (non-hydrogen) atoms. The molecule has 0 saturated carbocycles. The first kappa shape index (κ1) is 17.0. The Labute approximate surface area is 124 Å². The summed E-state index contributed by atoms with van der Waals surface area (Å²) in [4.78, 5) is 12.4. The SMILES string of the molecule is CSC(CO)C(C)NC(=O)C(C)(C)c1ccc(F)cc1. The standard InChI is InChI=1S/C15H22FNO2S/c1-10(13(9-18)20-4)17-14(19)15(2,3)11-5-7-12(16)8-6-11/h5-8,10,13,18H,9H2,1-4H3,(H,17,19). The van der Waals surface area contributed by atoms with E-state index in [2.05, 4.69) is 5.32 Å². The highest BCUT2D eigenvalue weighted by Crippen LogP contribution is 2.24. The van der Waals surface area contributed by atoms with E-state index in [1.54, 1.807) is 26.0 Å². The Kier molecular flexibility index (Phi) is 6.02. The number of aliphatic hydroxyl groups excluding tert-OH is 1. The summed E-state index contributed by atoms with van der Waals surface area (Å²) in [5.41, 5.74) is 0.00806. The molecule has 1 aromatic carbocycles. The van der Waals surface area contributed by atoms with E-state index in [9.17, 15) is 14.3 Å². The van der Waals surface area contributed by atoms with Gasteiger partial charge in [0.2, 0.25) is 5.91 Å². The molecule has 0 aliphatic rings. The van der Waals surface area contributed by atoms with Gasteiger partial charge in [-0.3, -0.25) is 4.79 Å². The van der Waals surface area contributed by atoms with Crippen molar-refractivity contribution < 1.29 is 14.3 Å². The number of benzene rings is 1. The Morgan fingerprint density at radius 3 is 2.40 bits per heavy atom. The van der Waals surface area contributed by atoms with E-state index in [0.29, 0.717) is 0 Å². The molecule has 0 spiro atoms. The lowest BCUT2D eigenvalue weighted by Gasteiger charge is -2.29. The van der Waals surface area contributed by atoms with Crippen molar-refractivity contribution in [2.45, 2.75) is 37.5 Å².